The van der Waals surface area contributed by atoms with Crippen LogP contribution in [-0.2, 0) is 13.1 Å². The third-order valence-electron chi connectivity index (χ3n) is 2.68. The summed E-state index contributed by atoms with van der Waals surface area (Å²) in [6.07, 6.45) is 3.00. The number of nitrogen functional groups attached to an aromatic ring is 1. The molecule has 9 heteroatoms. The quantitative estimate of drug-likeness (QED) is 0.549. The normalized spacial score (nSPS) is 10.3. The molecule has 0 fully saturated rings. The van der Waals surface area contributed by atoms with Crippen LogP contribution in [0.5, 0.6) is 0 Å². The molecule has 0 radical (unpaired) electrons. The maximum atomic E-state index is 12.0. The summed E-state index contributed by atoms with van der Waals surface area (Å²) < 4.78 is 1.84. The third kappa shape index (κ3) is 3.03. The third-order valence-corrected chi connectivity index (χ3v) is 2.97. The van der Waals surface area contributed by atoms with E-state index in [4.69, 9.17) is 17.4 Å². The van der Waals surface area contributed by atoms with Crippen LogP contribution in [0, 0.1) is 0 Å². The average Bonchev–Trinajstić information content (AvgIpc) is 2.92. The number of nitrogens with two attached hydrogens (primary N) is 1. The Morgan fingerprint density at radius 1 is 1.55 bits per heavy atom. The Balaban J connectivity index is 2.03. The van der Waals surface area contributed by atoms with Gasteiger partial charge in [0.05, 0.1) is 17.1 Å². The molecule has 0 aliphatic rings. The molecule has 0 bridgehead atoms. The molecule has 0 saturated heterocycles. The molecule has 0 saturated carbocycles. The van der Waals surface area contributed by atoms with Gasteiger partial charge in [0.15, 0.2) is 11.6 Å². The number of hydrogen-bond acceptors (Lipinski definition) is 6. The Labute approximate surface area is 120 Å². The van der Waals surface area contributed by atoms with Crippen molar-refractivity contribution in [2.24, 2.45) is 5.84 Å². The zero-order chi connectivity index (χ0) is 14.5. The molecular formula is C11H14ClN7O. The fourth-order valence-corrected chi connectivity index (χ4v) is 1.83. The van der Waals surface area contributed by atoms with Gasteiger partial charge < -0.3 is 15.3 Å². The first kappa shape index (κ1) is 14.2. The lowest BCUT2D eigenvalue weighted by molar-refractivity contribution is 0.0949. The monoisotopic (exact) mass is 295 g/mol. The summed E-state index contributed by atoms with van der Waals surface area (Å²) in [6.45, 7) is 2.99. The lowest BCUT2D eigenvalue weighted by Gasteiger charge is -2.07. The van der Waals surface area contributed by atoms with E-state index in [1.807, 2.05) is 11.5 Å². The van der Waals surface area contributed by atoms with Crippen molar-refractivity contribution in [2.45, 2.75) is 20.0 Å². The van der Waals surface area contributed by atoms with Crippen molar-refractivity contribution in [2.75, 3.05) is 5.43 Å². The molecule has 2 aromatic rings. The van der Waals surface area contributed by atoms with Crippen LogP contribution in [-0.4, -0.2) is 25.7 Å². The molecule has 20 heavy (non-hydrogen) atoms. The first-order valence-corrected chi connectivity index (χ1v) is 6.30. The summed E-state index contributed by atoms with van der Waals surface area (Å²) in [7, 11) is 0. The molecule has 2 rings (SSSR count). The summed E-state index contributed by atoms with van der Waals surface area (Å²) in [5.74, 6) is 5.91. The fraction of sp³-hybridized carbons (Fsp3) is 0.273. The molecule has 4 N–H and O–H groups in total. The first-order valence-electron chi connectivity index (χ1n) is 5.92. The van der Waals surface area contributed by atoms with Gasteiger partial charge in [0.1, 0.15) is 6.33 Å². The maximum absolute atomic E-state index is 12.0. The molecular weight excluding hydrogens is 282 g/mol. The van der Waals surface area contributed by atoms with E-state index in [2.05, 4.69) is 25.9 Å². The first-order chi connectivity index (χ1) is 9.65. The van der Waals surface area contributed by atoms with Crippen molar-refractivity contribution < 1.29 is 4.79 Å². The van der Waals surface area contributed by atoms with Gasteiger partial charge in [-0.3, -0.25) is 4.79 Å². The number of nitrogens with one attached hydrogen (secondary N) is 2. The van der Waals surface area contributed by atoms with Crippen molar-refractivity contribution >= 4 is 23.3 Å². The van der Waals surface area contributed by atoms with Crippen LogP contribution in [0.2, 0.25) is 5.02 Å². The number of anilines is 1. The van der Waals surface area contributed by atoms with Crippen LogP contribution < -0.4 is 16.6 Å². The number of carbonyl (C=O) groups excluding carboxylic acids is 1. The van der Waals surface area contributed by atoms with E-state index in [0.717, 1.165) is 6.54 Å². The second-order valence-electron chi connectivity index (χ2n) is 3.91. The lowest BCUT2D eigenvalue weighted by atomic mass is 10.2. The van der Waals surface area contributed by atoms with Gasteiger partial charge in [0, 0.05) is 12.7 Å². The fourth-order valence-electron chi connectivity index (χ4n) is 1.61. The molecule has 0 unspecified atom stereocenters. The van der Waals surface area contributed by atoms with Crippen molar-refractivity contribution in [1.82, 2.24) is 25.1 Å². The zero-order valence-electron chi connectivity index (χ0n) is 10.8. The van der Waals surface area contributed by atoms with Crippen LogP contribution in [0.15, 0.2) is 18.6 Å². The van der Waals surface area contributed by atoms with E-state index in [9.17, 15) is 4.79 Å². The zero-order valence-corrected chi connectivity index (χ0v) is 11.6. The van der Waals surface area contributed by atoms with Gasteiger partial charge >= 0.3 is 0 Å². The molecule has 8 nitrogen and oxygen atoms in total. The summed E-state index contributed by atoms with van der Waals surface area (Å²) in [6, 6.07) is 1.49. The van der Waals surface area contributed by atoms with E-state index in [-0.39, 0.29) is 17.5 Å². The van der Waals surface area contributed by atoms with Crippen LogP contribution in [0.4, 0.5) is 5.82 Å². The topological polar surface area (TPSA) is 111 Å². The summed E-state index contributed by atoms with van der Waals surface area (Å²) in [4.78, 5) is 15.9. The van der Waals surface area contributed by atoms with Gasteiger partial charge in [0.25, 0.3) is 5.91 Å². The van der Waals surface area contributed by atoms with Gasteiger partial charge in [0.2, 0.25) is 0 Å². The Bertz CT molecular complexity index is 613. The number of hydrazine groups is 1. The summed E-state index contributed by atoms with van der Waals surface area (Å²) >= 11 is 5.91. The van der Waals surface area contributed by atoms with E-state index < -0.39 is 0 Å². The Kier molecular flexibility index (Phi) is 4.49. The van der Waals surface area contributed by atoms with Gasteiger partial charge in [-0.15, -0.1) is 10.2 Å². The Morgan fingerprint density at radius 2 is 2.35 bits per heavy atom. The van der Waals surface area contributed by atoms with E-state index in [0.29, 0.717) is 17.2 Å². The van der Waals surface area contributed by atoms with Crippen molar-refractivity contribution in [3.63, 3.8) is 0 Å². The van der Waals surface area contributed by atoms with Crippen molar-refractivity contribution in [3.8, 4) is 0 Å². The van der Waals surface area contributed by atoms with E-state index in [1.54, 1.807) is 6.33 Å². The number of aryl methyl sites for hydroxylation is 1. The number of pyridine rings is 1. The highest BCUT2D eigenvalue weighted by Crippen LogP contribution is 2.18. The minimum Gasteiger partial charge on any atom is -0.345 e. The predicted molar refractivity (Wildman–Crippen MR) is 73.9 cm³/mol. The van der Waals surface area contributed by atoms with Gasteiger partial charge in [-0.1, -0.05) is 11.6 Å². The minimum atomic E-state index is -0.298. The largest absolute Gasteiger partial charge is 0.345 e. The maximum Gasteiger partial charge on any atom is 0.253 e. The highest BCUT2D eigenvalue weighted by molar-refractivity contribution is 6.33. The van der Waals surface area contributed by atoms with Crippen LogP contribution in [0.1, 0.15) is 23.1 Å². The second-order valence-corrected chi connectivity index (χ2v) is 4.32. The predicted octanol–water partition coefficient (Wildman–Crippen LogP) is 0.562. The van der Waals surface area contributed by atoms with Crippen LogP contribution in [0.3, 0.4) is 0 Å². The molecule has 2 heterocycles. The van der Waals surface area contributed by atoms with E-state index in [1.165, 1.54) is 12.3 Å². The van der Waals surface area contributed by atoms with Gasteiger partial charge in [-0.25, -0.2) is 10.8 Å². The smallest absolute Gasteiger partial charge is 0.253 e. The number of aromatic nitrogens is 4. The summed E-state index contributed by atoms with van der Waals surface area (Å²) in [5.41, 5.74) is 2.68. The molecule has 0 aliphatic carbocycles. The molecule has 2 aromatic heterocycles. The Morgan fingerprint density at radius 3 is 3.00 bits per heavy atom. The van der Waals surface area contributed by atoms with Crippen molar-refractivity contribution in [1.29, 1.82) is 0 Å². The van der Waals surface area contributed by atoms with Gasteiger partial charge in [-0.05, 0) is 13.0 Å². The van der Waals surface area contributed by atoms with Crippen LogP contribution in [0.25, 0.3) is 0 Å². The standard InChI is InChI=1S/C11H14ClN7O/c1-2-19-6-16-18-9(19)5-15-11(20)7-3-8(12)10(17-13)14-4-7/h3-4,6H,2,5,13H2,1H3,(H,14,17)(H,15,20). The van der Waals surface area contributed by atoms with Crippen molar-refractivity contribution in [3.05, 3.63) is 35.0 Å². The highest BCUT2D eigenvalue weighted by Gasteiger charge is 2.11. The Hall–Kier alpha value is -2.19. The molecule has 1 amide bonds. The van der Waals surface area contributed by atoms with Crippen LogP contribution >= 0.6 is 11.6 Å². The number of halogens is 1. The number of rotatable bonds is 5. The molecule has 0 aliphatic heterocycles. The SMILES string of the molecule is CCn1cnnc1CNC(=O)c1cnc(NN)c(Cl)c1. The molecule has 0 spiro atoms. The number of hydrogen-bond donors (Lipinski definition) is 3. The molecule has 0 aromatic carbocycles. The number of amides is 1. The summed E-state index contributed by atoms with van der Waals surface area (Å²) in [5, 5.41) is 10.7. The second kappa shape index (κ2) is 6.31. The lowest BCUT2D eigenvalue weighted by Crippen LogP contribution is -2.25. The minimum absolute atomic E-state index is 0.275. The molecule has 0 atom stereocenters. The highest BCUT2D eigenvalue weighted by atomic mass is 35.5. The van der Waals surface area contributed by atoms with E-state index >= 15 is 0 Å². The average molecular weight is 296 g/mol. The number of carbonyl (C=O) groups is 1. The number of nitrogens with zero attached hydrogens (tertiary/aromatic N) is 4. The van der Waals surface area contributed by atoms with Gasteiger partial charge in [-0.2, -0.15) is 0 Å². The molecule has 106 valence electrons.